The van der Waals surface area contributed by atoms with Gasteiger partial charge in [-0.3, -0.25) is 4.79 Å². The molecule has 1 aliphatic rings. The third-order valence-electron chi connectivity index (χ3n) is 6.93. The number of rotatable bonds is 8. The highest BCUT2D eigenvalue weighted by atomic mass is 16.5. The summed E-state index contributed by atoms with van der Waals surface area (Å²) in [6.45, 7) is 2.09. The Morgan fingerprint density at radius 3 is 2.31 bits per heavy atom. The average Bonchev–Trinajstić information content (AvgIpc) is 2.90. The van der Waals surface area contributed by atoms with E-state index in [0.717, 1.165) is 48.0 Å². The minimum Gasteiger partial charge on any atom is -0.438 e. The number of piperidine rings is 1. The number of carbonyl (C=O) groups excluding carboxylic acids is 1. The SMILES string of the molecule is CN(C)C1CCN(c2ccc3c(Oc4ccc(CC(=O)Cc5ccccc5)cc4)ncnc3c2)CC1. The number of ether oxygens (including phenoxy) is 1. The molecule has 0 saturated carbocycles. The quantitative estimate of drug-likeness (QED) is 0.341. The van der Waals surface area contributed by atoms with E-state index in [9.17, 15) is 4.79 Å². The van der Waals surface area contributed by atoms with Crippen LogP contribution in [0.1, 0.15) is 24.0 Å². The van der Waals surface area contributed by atoms with E-state index in [1.807, 2.05) is 54.6 Å². The number of fused-ring (bicyclic) bond motifs is 1. The molecule has 184 valence electrons. The molecule has 6 nitrogen and oxygen atoms in total. The van der Waals surface area contributed by atoms with Crippen molar-refractivity contribution in [3.63, 3.8) is 0 Å². The van der Waals surface area contributed by atoms with E-state index in [0.29, 0.717) is 30.5 Å². The number of ketones is 1. The Morgan fingerprint density at radius 1 is 0.917 bits per heavy atom. The Balaban J connectivity index is 1.24. The summed E-state index contributed by atoms with van der Waals surface area (Å²) in [6, 6.07) is 24.5. The highest BCUT2D eigenvalue weighted by Gasteiger charge is 2.21. The van der Waals surface area contributed by atoms with Crippen molar-refractivity contribution in [1.29, 1.82) is 0 Å². The van der Waals surface area contributed by atoms with Gasteiger partial charge in [-0.1, -0.05) is 42.5 Å². The molecule has 4 aromatic rings. The first-order chi connectivity index (χ1) is 17.5. The number of anilines is 1. The molecule has 0 spiro atoms. The van der Waals surface area contributed by atoms with Gasteiger partial charge in [0, 0.05) is 37.7 Å². The summed E-state index contributed by atoms with van der Waals surface area (Å²) in [5.74, 6) is 1.41. The van der Waals surface area contributed by atoms with Crippen LogP contribution in [0.4, 0.5) is 5.69 Å². The van der Waals surface area contributed by atoms with Gasteiger partial charge >= 0.3 is 0 Å². The van der Waals surface area contributed by atoms with Crippen LogP contribution in [0.15, 0.2) is 79.1 Å². The molecule has 0 N–H and O–H groups in total. The monoisotopic (exact) mass is 480 g/mol. The topological polar surface area (TPSA) is 58.6 Å². The first-order valence-electron chi connectivity index (χ1n) is 12.5. The molecule has 6 heteroatoms. The second kappa shape index (κ2) is 10.9. The van der Waals surface area contributed by atoms with Crippen LogP contribution < -0.4 is 9.64 Å². The van der Waals surface area contributed by atoms with Crippen molar-refractivity contribution < 1.29 is 9.53 Å². The number of benzene rings is 3. The Hall–Kier alpha value is -3.77. The highest BCUT2D eigenvalue weighted by molar-refractivity contribution is 5.86. The molecular formula is C30H32N4O2. The number of Topliss-reactive ketones (excluding diaryl/α,β-unsaturated/α-hetero) is 1. The van der Waals surface area contributed by atoms with E-state index < -0.39 is 0 Å². The minimum absolute atomic E-state index is 0.193. The van der Waals surface area contributed by atoms with Crippen LogP contribution in [-0.2, 0) is 17.6 Å². The fraction of sp³-hybridized carbons (Fsp3) is 0.300. The molecule has 36 heavy (non-hydrogen) atoms. The summed E-state index contributed by atoms with van der Waals surface area (Å²) in [4.78, 5) is 26.1. The molecule has 5 rings (SSSR count). The minimum atomic E-state index is 0.193. The number of hydrogen-bond donors (Lipinski definition) is 0. The van der Waals surface area contributed by atoms with Crippen molar-refractivity contribution in [1.82, 2.24) is 14.9 Å². The van der Waals surface area contributed by atoms with Crippen molar-refractivity contribution in [2.75, 3.05) is 32.1 Å². The summed E-state index contributed by atoms with van der Waals surface area (Å²) in [5, 5.41) is 0.881. The van der Waals surface area contributed by atoms with Crippen molar-refractivity contribution >= 4 is 22.4 Å². The first-order valence-corrected chi connectivity index (χ1v) is 12.5. The normalized spacial score (nSPS) is 14.4. The van der Waals surface area contributed by atoms with Crippen LogP contribution in [0.5, 0.6) is 11.6 Å². The third kappa shape index (κ3) is 5.71. The molecule has 1 fully saturated rings. The Kier molecular flexibility index (Phi) is 7.23. The molecule has 1 aromatic heterocycles. The van der Waals surface area contributed by atoms with E-state index in [2.05, 4.69) is 52.1 Å². The van der Waals surface area contributed by atoms with Crippen LogP contribution in [0.2, 0.25) is 0 Å². The molecular weight excluding hydrogens is 448 g/mol. The second-order valence-electron chi connectivity index (χ2n) is 9.69. The maximum Gasteiger partial charge on any atom is 0.230 e. The summed E-state index contributed by atoms with van der Waals surface area (Å²) in [6.07, 6.45) is 4.73. The maximum absolute atomic E-state index is 12.4. The van der Waals surface area contributed by atoms with Crippen LogP contribution in [0.25, 0.3) is 10.9 Å². The molecule has 0 atom stereocenters. The summed E-state index contributed by atoms with van der Waals surface area (Å²) >= 11 is 0. The van der Waals surface area contributed by atoms with Gasteiger partial charge in [0.15, 0.2) is 0 Å². The van der Waals surface area contributed by atoms with Gasteiger partial charge in [0.25, 0.3) is 0 Å². The standard InChI is InChI=1S/C30H32N4O2/c1-33(2)24-14-16-34(17-15-24)25-10-13-28-29(20-25)31-21-32-30(28)36-27-11-8-23(9-12-27)19-26(35)18-22-6-4-3-5-7-22/h3-13,20-21,24H,14-19H2,1-2H3. The third-order valence-corrected chi connectivity index (χ3v) is 6.93. The van der Waals surface area contributed by atoms with Gasteiger partial charge < -0.3 is 14.5 Å². The average molecular weight is 481 g/mol. The van der Waals surface area contributed by atoms with E-state index in [4.69, 9.17) is 4.74 Å². The van der Waals surface area contributed by atoms with Gasteiger partial charge in [0.2, 0.25) is 5.88 Å². The molecule has 0 unspecified atom stereocenters. The van der Waals surface area contributed by atoms with Gasteiger partial charge in [0.1, 0.15) is 17.9 Å². The smallest absolute Gasteiger partial charge is 0.230 e. The highest BCUT2D eigenvalue weighted by Crippen LogP contribution is 2.30. The molecule has 0 amide bonds. The number of nitrogens with zero attached hydrogens (tertiary/aromatic N) is 4. The summed E-state index contributed by atoms with van der Waals surface area (Å²) < 4.78 is 6.12. The zero-order valence-corrected chi connectivity index (χ0v) is 20.9. The molecule has 1 saturated heterocycles. The molecule has 3 aromatic carbocycles. The fourth-order valence-corrected chi connectivity index (χ4v) is 4.84. The predicted octanol–water partition coefficient (Wildman–Crippen LogP) is 5.31. The lowest BCUT2D eigenvalue weighted by atomic mass is 10.0. The lowest BCUT2D eigenvalue weighted by Crippen LogP contribution is -2.41. The Morgan fingerprint density at radius 2 is 1.61 bits per heavy atom. The van der Waals surface area contributed by atoms with Crippen LogP contribution >= 0.6 is 0 Å². The first kappa shape index (κ1) is 23.9. The van der Waals surface area contributed by atoms with E-state index in [-0.39, 0.29) is 5.78 Å². The van der Waals surface area contributed by atoms with E-state index in [1.54, 1.807) is 6.33 Å². The van der Waals surface area contributed by atoms with Crippen molar-refractivity contribution in [2.45, 2.75) is 31.7 Å². The van der Waals surface area contributed by atoms with Crippen LogP contribution in [0.3, 0.4) is 0 Å². The molecule has 2 heterocycles. The zero-order valence-electron chi connectivity index (χ0n) is 20.9. The van der Waals surface area contributed by atoms with Gasteiger partial charge in [-0.15, -0.1) is 0 Å². The Labute approximate surface area is 212 Å². The Bertz CT molecular complexity index is 1310. The molecule has 0 radical (unpaired) electrons. The molecule has 0 bridgehead atoms. The van der Waals surface area contributed by atoms with Gasteiger partial charge in [-0.2, -0.15) is 0 Å². The zero-order chi connectivity index (χ0) is 24.9. The van der Waals surface area contributed by atoms with Gasteiger partial charge in [-0.25, -0.2) is 9.97 Å². The van der Waals surface area contributed by atoms with Crippen LogP contribution in [0, 0.1) is 0 Å². The van der Waals surface area contributed by atoms with E-state index >= 15 is 0 Å². The summed E-state index contributed by atoms with van der Waals surface area (Å²) in [5.41, 5.74) is 4.07. The predicted molar refractivity (Wildman–Crippen MR) is 144 cm³/mol. The second-order valence-corrected chi connectivity index (χ2v) is 9.69. The largest absolute Gasteiger partial charge is 0.438 e. The summed E-state index contributed by atoms with van der Waals surface area (Å²) in [7, 11) is 4.32. The fourth-order valence-electron chi connectivity index (χ4n) is 4.84. The lowest BCUT2D eigenvalue weighted by Gasteiger charge is -2.36. The lowest BCUT2D eigenvalue weighted by molar-refractivity contribution is -0.117. The molecule has 0 aliphatic carbocycles. The van der Waals surface area contributed by atoms with Gasteiger partial charge in [-0.05, 0) is 68.4 Å². The maximum atomic E-state index is 12.4. The van der Waals surface area contributed by atoms with Crippen molar-refractivity contribution in [3.8, 4) is 11.6 Å². The number of hydrogen-bond acceptors (Lipinski definition) is 6. The van der Waals surface area contributed by atoms with Crippen LogP contribution in [-0.4, -0.2) is 53.9 Å². The molecule has 1 aliphatic heterocycles. The number of aromatic nitrogens is 2. The van der Waals surface area contributed by atoms with Crippen molar-refractivity contribution in [2.24, 2.45) is 0 Å². The van der Waals surface area contributed by atoms with Crippen molar-refractivity contribution in [3.05, 3.63) is 90.3 Å². The van der Waals surface area contributed by atoms with E-state index in [1.165, 1.54) is 5.69 Å². The van der Waals surface area contributed by atoms with Gasteiger partial charge in [0.05, 0.1) is 10.9 Å². The number of carbonyl (C=O) groups is 1.